The quantitative estimate of drug-likeness (QED) is 0.797. The zero-order valence-corrected chi connectivity index (χ0v) is 11.6. The van der Waals surface area contributed by atoms with Crippen LogP contribution in [0.3, 0.4) is 0 Å². The molecule has 1 spiro atoms. The molecule has 1 aliphatic heterocycles. The first-order valence-electron chi connectivity index (χ1n) is 7.15. The molecule has 0 atom stereocenters. The van der Waals surface area contributed by atoms with Gasteiger partial charge in [0.15, 0.2) is 0 Å². The van der Waals surface area contributed by atoms with Crippen molar-refractivity contribution in [3.63, 3.8) is 0 Å². The molecule has 0 saturated heterocycles. The average molecular weight is 273 g/mol. The third-order valence-electron chi connectivity index (χ3n) is 4.97. The number of carboxylic acid groups (broad SMARTS) is 1. The fourth-order valence-electron chi connectivity index (χ4n) is 3.72. The predicted octanol–water partition coefficient (Wildman–Crippen LogP) is 2.28. The van der Waals surface area contributed by atoms with Crippen LogP contribution in [0.1, 0.15) is 32.1 Å². The Hall–Kier alpha value is -1.84. The van der Waals surface area contributed by atoms with Crippen molar-refractivity contribution in [2.24, 2.45) is 5.92 Å². The second kappa shape index (κ2) is 4.62. The van der Waals surface area contributed by atoms with E-state index in [0.29, 0.717) is 12.8 Å². The molecule has 4 heteroatoms. The van der Waals surface area contributed by atoms with Gasteiger partial charge in [0.1, 0.15) is 0 Å². The van der Waals surface area contributed by atoms with Gasteiger partial charge in [0.25, 0.3) is 5.91 Å². The number of amides is 1. The van der Waals surface area contributed by atoms with Crippen molar-refractivity contribution < 1.29 is 14.7 Å². The number of aliphatic carboxylic acids is 1. The minimum absolute atomic E-state index is 0.0663. The lowest BCUT2D eigenvalue weighted by molar-refractivity contribution is -0.143. The molecule has 1 fully saturated rings. The second-order valence-electron chi connectivity index (χ2n) is 5.88. The molecule has 106 valence electrons. The Morgan fingerprint density at radius 2 is 1.95 bits per heavy atom. The molecule has 0 aromatic heterocycles. The van der Waals surface area contributed by atoms with E-state index in [0.717, 1.165) is 30.4 Å². The molecule has 0 aromatic carbocycles. The molecule has 4 nitrogen and oxygen atoms in total. The number of hydrogen-bond acceptors (Lipinski definition) is 2. The standard InChI is InChI=1S/C16H19NO3/c1-17-14(18)12-5-3-2-4-6-13(12)16(17)9-7-11(8-10-16)15(19)20/h3-6,11H,2,7-10H2,1H3,(H,19,20). The molecular formula is C16H19NO3. The number of allylic oxidation sites excluding steroid dienone is 2. The summed E-state index contributed by atoms with van der Waals surface area (Å²) in [6.45, 7) is 0. The van der Waals surface area contributed by atoms with E-state index < -0.39 is 5.97 Å². The van der Waals surface area contributed by atoms with Crippen LogP contribution in [0.4, 0.5) is 0 Å². The summed E-state index contributed by atoms with van der Waals surface area (Å²) < 4.78 is 0. The summed E-state index contributed by atoms with van der Waals surface area (Å²) in [5, 5.41) is 9.15. The highest BCUT2D eigenvalue weighted by molar-refractivity contribution is 6.02. The van der Waals surface area contributed by atoms with Gasteiger partial charge in [-0.05, 0) is 37.7 Å². The van der Waals surface area contributed by atoms with Crippen molar-refractivity contribution in [3.05, 3.63) is 35.5 Å². The first-order valence-corrected chi connectivity index (χ1v) is 7.15. The lowest BCUT2D eigenvalue weighted by Crippen LogP contribution is -2.48. The van der Waals surface area contributed by atoms with Crippen LogP contribution < -0.4 is 0 Å². The van der Waals surface area contributed by atoms with E-state index in [1.165, 1.54) is 0 Å². The smallest absolute Gasteiger partial charge is 0.306 e. The first kappa shape index (κ1) is 13.2. The summed E-state index contributed by atoms with van der Waals surface area (Å²) in [5.74, 6) is -0.909. The lowest BCUT2D eigenvalue weighted by atomic mass is 9.72. The van der Waals surface area contributed by atoms with Crippen molar-refractivity contribution in [3.8, 4) is 0 Å². The normalized spacial score (nSPS) is 32.8. The van der Waals surface area contributed by atoms with Gasteiger partial charge in [0.05, 0.1) is 11.5 Å². The molecule has 1 saturated carbocycles. The molecule has 1 amide bonds. The summed E-state index contributed by atoms with van der Waals surface area (Å²) in [5.41, 5.74) is 1.58. The fourth-order valence-corrected chi connectivity index (χ4v) is 3.72. The zero-order valence-electron chi connectivity index (χ0n) is 11.6. The first-order chi connectivity index (χ1) is 9.56. The Morgan fingerprint density at radius 1 is 1.30 bits per heavy atom. The number of carboxylic acids is 1. The SMILES string of the molecule is CN1C(=O)C2=C(C=CCC=C2)C12CCC(C(=O)O)CC2. The van der Waals surface area contributed by atoms with Crippen LogP contribution in [0, 0.1) is 5.92 Å². The molecule has 0 aromatic rings. The second-order valence-corrected chi connectivity index (χ2v) is 5.88. The topological polar surface area (TPSA) is 57.6 Å². The Balaban J connectivity index is 1.97. The summed E-state index contributed by atoms with van der Waals surface area (Å²) in [7, 11) is 1.85. The van der Waals surface area contributed by atoms with Crippen LogP contribution in [0.25, 0.3) is 0 Å². The van der Waals surface area contributed by atoms with Crippen LogP contribution in [0.5, 0.6) is 0 Å². The molecule has 2 aliphatic carbocycles. The number of fused-ring (bicyclic) bond motifs is 1. The van der Waals surface area contributed by atoms with Gasteiger partial charge >= 0.3 is 5.97 Å². The minimum atomic E-state index is -0.711. The van der Waals surface area contributed by atoms with E-state index >= 15 is 0 Å². The van der Waals surface area contributed by atoms with Gasteiger partial charge in [-0.3, -0.25) is 9.59 Å². The Labute approximate surface area is 118 Å². The van der Waals surface area contributed by atoms with Crippen molar-refractivity contribution in [2.45, 2.75) is 37.6 Å². The number of likely N-dealkylation sites (N-methyl/N-ethyl adjacent to an activating group) is 1. The molecule has 3 aliphatic rings. The highest BCUT2D eigenvalue weighted by Crippen LogP contribution is 2.47. The summed E-state index contributed by atoms with van der Waals surface area (Å²) in [6, 6.07) is 0. The van der Waals surface area contributed by atoms with Gasteiger partial charge in [0, 0.05) is 12.6 Å². The van der Waals surface area contributed by atoms with E-state index in [1.807, 2.05) is 24.1 Å². The molecule has 3 rings (SSSR count). The maximum Gasteiger partial charge on any atom is 0.306 e. The Bertz CT molecular complexity index is 548. The van der Waals surface area contributed by atoms with E-state index in [4.69, 9.17) is 5.11 Å². The average Bonchev–Trinajstić information content (AvgIpc) is 2.66. The maximum absolute atomic E-state index is 12.4. The van der Waals surface area contributed by atoms with Gasteiger partial charge in [-0.1, -0.05) is 24.3 Å². The molecule has 1 heterocycles. The van der Waals surface area contributed by atoms with E-state index in [1.54, 1.807) is 0 Å². The Kier molecular flexibility index (Phi) is 3.04. The van der Waals surface area contributed by atoms with Gasteiger partial charge < -0.3 is 10.0 Å². The lowest BCUT2D eigenvalue weighted by Gasteiger charge is -2.42. The summed E-state index contributed by atoms with van der Waals surface area (Å²) >= 11 is 0. The van der Waals surface area contributed by atoms with Gasteiger partial charge in [0.2, 0.25) is 0 Å². The monoisotopic (exact) mass is 273 g/mol. The van der Waals surface area contributed by atoms with Gasteiger partial charge in [-0.25, -0.2) is 0 Å². The van der Waals surface area contributed by atoms with E-state index in [2.05, 4.69) is 12.2 Å². The van der Waals surface area contributed by atoms with Crippen molar-refractivity contribution >= 4 is 11.9 Å². The third-order valence-corrected chi connectivity index (χ3v) is 4.97. The molecule has 20 heavy (non-hydrogen) atoms. The Morgan fingerprint density at radius 3 is 2.60 bits per heavy atom. The number of rotatable bonds is 1. The van der Waals surface area contributed by atoms with Gasteiger partial charge in [-0.2, -0.15) is 0 Å². The van der Waals surface area contributed by atoms with Crippen LogP contribution in [0.2, 0.25) is 0 Å². The van der Waals surface area contributed by atoms with E-state index in [-0.39, 0.29) is 17.4 Å². The van der Waals surface area contributed by atoms with Crippen LogP contribution >= 0.6 is 0 Å². The molecule has 0 bridgehead atoms. The molecule has 1 N–H and O–H groups in total. The van der Waals surface area contributed by atoms with Crippen molar-refractivity contribution in [1.29, 1.82) is 0 Å². The molecule has 0 radical (unpaired) electrons. The number of nitrogens with zero attached hydrogens (tertiary/aromatic N) is 1. The molecular weight excluding hydrogens is 254 g/mol. The molecule has 0 unspecified atom stereocenters. The summed E-state index contributed by atoms with van der Waals surface area (Å²) in [4.78, 5) is 25.4. The maximum atomic E-state index is 12.4. The third kappa shape index (κ3) is 1.74. The van der Waals surface area contributed by atoms with Crippen molar-refractivity contribution in [1.82, 2.24) is 4.90 Å². The number of carbonyl (C=O) groups is 2. The number of hydrogen-bond donors (Lipinski definition) is 1. The van der Waals surface area contributed by atoms with Crippen molar-refractivity contribution in [2.75, 3.05) is 7.05 Å². The van der Waals surface area contributed by atoms with E-state index in [9.17, 15) is 9.59 Å². The minimum Gasteiger partial charge on any atom is -0.481 e. The largest absolute Gasteiger partial charge is 0.481 e. The highest BCUT2D eigenvalue weighted by atomic mass is 16.4. The van der Waals surface area contributed by atoms with Crippen LogP contribution in [-0.4, -0.2) is 34.5 Å². The van der Waals surface area contributed by atoms with Crippen LogP contribution in [-0.2, 0) is 9.59 Å². The predicted molar refractivity (Wildman–Crippen MR) is 75.0 cm³/mol. The number of carbonyl (C=O) groups excluding carboxylic acids is 1. The zero-order chi connectivity index (χ0) is 14.3. The van der Waals surface area contributed by atoms with Gasteiger partial charge in [-0.15, -0.1) is 0 Å². The summed E-state index contributed by atoms with van der Waals surface area (Å²) in [6.07, 6.45) is 11.7. The highest BCUT2D eigenvalue weighted by Gasteiger charge is 2.50. The van der Waals surface area contributed by atoms with Crippen LogP contribution in [0.15, 0.2) is 35.5 Å². The fraction of sp³-hybridized carbons (Fsp3) is 0.500.